The zero-order chi connectivity index (χ0) is 25.5. The van der Waals surface area contributed by atoms with Crippen molar-refractivity contribution >= 4 is 17.4 Å². The molecule has 0 aromatic heterocycles. The van der Waals surface area contributed by atoms with E-state index in [1.54, 1.807) is 0 Å². The van der Waals surface area contributed by atoms with Crippen LogP contribution in [0.5, 0.6) is 0 Å². The fourth-order valence-corrected chi connectivity index (χ4v) is 3.34. The Labute approximate surface area is 260 Å². The summed E-state index contributed by atoms with van der Waals surface area (Å²) in [7, 11) is 0. The van der Waals surface area contributed by atoms with Gasteiger partial charge in [0.05, 0.1) is 0 Å². The molecule has 5 aliphatic rings. The molecule has 185 valence electrons. The molecule has 5 aliphatic carbocycles. The summed E-state index contributed by atoms with van der Waals surface area (Å²) in [5.74, 6) is 6.49. The quantitative estimate of drug-likeness (QED) is 0.214. The minimum atomic E-state index is 0. The minimum Gasteiger partial charge on any atom is -0.375 e. The van der Waals surface area contributed by atoms with Gasteiger partial charge < -0.3 is 26.7 Å². The van der Waals surface area contributed by atoms with Gasteiger partial charge in [0, 0.05) is 23.7 Å². The van der Waals surface area contributed by atoms with E-state index < -0.39 is 0 Å². The van der Waals surface area contributed by atoms with Gasteiger partial charge in [-0.05, 0) is 38.5 Å². The molecule has 0 saturated heterocycles. The van der Waals surface area contributed by atoms with Crippen LogP contribution in [0.1, 0.15) is 38.8 Å². The van der Waals surface area contributed by atoms with E-state index >= 15 is 0 Å². The molecule has 1 aromatic rings. The van der Waals surface area contributed by atoms with E-state index in [9.17, 15) is 0 Å². The predicted octanol–water partition coefficient (Wildman–Crippen LogP) is 8.34. The van der Waals surface area contributed by atoms with Crippen molar-refractivity contribution in [2.24, 2.45) is 11.8 Å². The summed E-state index contributed by atoms with van der Waals surface area (Å²) < 4.78 is 0. The third-order valence-electron chi connectivity index (χ3n) is 4.79. The Balaban J connectivity index is 0.000000451. The first kappa shape index (κ1) is 36.5. The SMILES string of the molecule is [Al+3].[CH2-]C(C)C.[CH2-]C(C)C.[CH]1[CH][C]2C=CC=C[C]2[CH]1.[CH]1[CH][C]2C=CC=C[C]2[CH]1.[Zr+3].c1ccc2c(c1)[CH-][CH-]C2. The Hall–Kier alpha value is -0.534. The summed E-state index contributed by atoms with van der Waals surface area (Å²) in [4.78, 5) is 0. The number of rotatable bonds is 0. The first-order chi connectivity index (χ1) is 16.9. The molecule has 0 amide bonds. The van der Waals surface area contributed by atoms with Gasteiger partial charge in [0.15, 0.2) is 0 Å². The van der Waals surface area contributed by atoms with Gasteiger partial charge in [0.1, 0.15) is 0 Å². The summed E-state index contributed by atoms with van der Waals surface area (Å²) in [6.45, 7) is 15.5. The van der Waals surface area contributed by atoms with Crippen LogP contribution in [-0.2, 0) is 32.6 Å². The molecule has 2 saturated carbocycles. The van der Waals surface area contributed by atoms with Crippen LogP contribution in [0.25, 0.3) is 0 Å². The second-order valence-corrected chi connectivity index (χ2v) is 9.40. The van der Waals surface area contributed by atoms with Crippen molar-refractivity contribution in [2.75, 3.05) is 0 Å². The number of hydrogen-bond acceptors (Lipinski definition) is 0. The molecule has 2 heteroatoms. The van der Waals surface area contributed by atoms with Crippen LogP contribution in [0.2, 0.25) is 0 Å². The van der Waals surface area contributed by atoms with Crippen LogP contribution in [0.3, 0.4) is 0 Å². The van der Waals surface area contributed by atoms with Crippen LogP contribution in [-0.4, -0.2) is 17.4 Å². The maximum Gasteiger partial charge on any atom is 3.00 e. The number of allylic oxidation sites excluding steroid dienone is 8. The van der Waals surface area contributed by atoms with Crippen LogP contribution in [0, 0.1) is 101 Å². The molecule has 0 nitrogen and oxygen atoms in total. The predicted molar refractivity (Wildman–Crippen MR) is 159 cm³/mol. The van der Waals surface area contributed by atoms with Crippen molar-refractivity contribution in [3.63, 3.8) is 0 Å². The average Bonchev–Trinajstić information content (AvgIpc) is 3.59. The van der Waals surface area contributed by atoms with Crippen molar-refractivity contribution in [2.45, 2.75) is 34.1 Å². The standard InChI is InChI=1S/C9H8.2C9H7.2C4H9.Al.Zr/c3*1-2-5-9-7-3-6-8(9)4-1;2*1-4(2)3;;/h1-6H,7H2;2*1-7H;2*4H,1H2,2-3H3;;/q-2;;;2*-1;2*+3. The topological polar surface area (TPSA) is 0 Å². The summed E-state index contributed by atoms with van der Waals surface area (Å²) in [6, 6.07) is 8.49. The molecule has 0 atom stereocenters. The Bertz CT molecular complexity index is 708. The molecule has 1 aromatic carbocycles. The van der Waals surface area contributed by atoms with E-state index in [2.05, 4.69) is 166 Å². The van der Waals surface area contributed by atoms with Crippen LogP contribution >= 0.6 is 0 Å². The zero-order valence-corrected chi connectivity index (χ0v) is 26.5. The summed E-state index contributed by atoms with van der Waals surface area (Å²) in [5.41, 5.74) is 2.84. The molecular weight excluding hydrogens is 539 g/mol. The Kier molecular flexibility index (Phi) is 21.0. The molecule has 6 rings (SSSR count). The maximum absolute atomic E-state index is 3.64. The summed E-state index contributed by atoms with van der Waals surface area (Å²) in [5, 5.41) is 0. The second kappa shape index (κ2) is 21.3. The average molecular weight is 579 g/mol. The second-order valence-electron chi connectivity index (χ2n) is 9.40. The van der Waals surface area contributed by atoms with Gasteiger partial charge >= 0.3 is 43.6 Å². The van der Waals surface area contributed by atoms with Gasteiger partial charge in [0.2, 0.25) is 0 Å². The monoisotopic (exact) mass is 577 g/mol. The van der Waals surface area contributed by atoms with Gasteiger partial charge in [-0.2, -0.15) is 23.5 Å². The molecule has 37 heavy (non-hydrogen) atoms. The maximum atomic E-state index is 3.64. The van der Waals surface area contributed by atoms with Crippen molar-refractivity contribution in [1.82, 2.24) is 0 Å². The van der Waals surface area contributed by atoms with Gasteiger partial charge in [-0.3, -0.25) is 0 Å². The third kappa shape index (κ3) is 15.6. The summed E-state index contributed by atoms with van der Waals surface area (Å²) in [6.07, 6.45) is 34.8. The minimum absolute atomic E-state index is 0. The fraction of sp³-hybridized carbons (Fsp3) is 0.200. The largest absolute Gasteiger partial charge is 3.00 e. The van der Waals surface area contributed by atoms with Crippen LogP contribution < -0.4 is 0 Å². The number of fused-ring (bicyclic) bond motifs is 3. The van der Waals surface area contributed by atoms with E-state index in [-0.39, 0.29) is 43.6 Å². The summed E-state index contributed by atoms with van der Waals surface area (Å²) >= 11 is 0. The van der Waals surface area contributed by atoms with E-state index in [4.69, 9.17) is 0 Å². The first-order valence-corrected chi connectivity index (χ1v) is 12.5. The van der Waals surface area contributed by atoms with Gasteiger partial charge in [-0.25, -0.2) is 12.0 Å². The fourth-order valence-electron chi connectivity index (χ4n) is 3.34. The van der Waals surface area contributed by atoms with Gasteiger partial charge in [-0.1, -0.05) is 82.4 Å². The third-order valence-corrected chi connectivity index (χ3v) is 4.79. The van der Waals surface area contributed by atoms with E-state index in [1.807, 2.05) is 0 Å². The molecule has 2 fully saturated rings. The van der Waals surface area contributed by atoms with E-state index in [0.717, 1.165) is 6.42 Å². The van der Waals surface area contributed by atoms with Crippen LogP contribution in [0.15, 0.2) is 72.9 Å². The zero-order valence-electron chi connectivity index (χ0n) is 22.9. The molecule has 0 aliphatic heterocycles. The van der Waals surface area contributed by atoms with Crippen LogP contribution in [0.4, 0.5) is 0 Å². The molecule has 0 spiro atoms. The first-order valence-electron chi connectivity index (χ1n) is 12.5. The molecule has 0 N–H and O–H groups in total. The molecule has 11 radical (unpaired) electrons. The Morgan fingerprint density at radius 1 is 0.649 bits per heavy atom. The molecule has 0 heterocycles. The van der Waals surface area contributed by atoms with Gasteiger partial charge in [0.25, 0.3) is 0 Å². The molecule has 0 bridgehead atoms. The van der Waals surface area contributed by atoms with Crippen molar-refractivity contribution in [3.8, 4) is 0 Å². The van der Waals surface area contributed by atoms with Crippen molar-refractivity contribution in [1.29, 1.82) is 0 Å². The Morgan fingerprint density at radius 2 is 1.00 bits per heavy atom. The molecular formula is C35H40AlZr+2. The van der Waals surface area contributed by atoms with Crippen molar-refractivity contribution in [3.05, 3.63) is 173 Å². The van der Waals surface area contributed by atoms with E-state index in [0.29, 0.717) is 11.8 Å². The Morgan fingerprint density at radius 3 is 1.35 bits per heavy atom. The molecule has 0 unspecified atom stereocenters. The van der Waals surface area contributed by atoms with Crippen molar-refractivity contribution < 1.29 is 26.2 Å². The normalized spacial score (nSPS) is 18.7. The van der Waals surface area contributed by atoms with E-state index in [1.165, 1.54) is 34.8 Å². The smallest absolute Gasteiger partial charge is 0.375 e. The van der Waals surface area contributed by atoms with Gasteiger partial charge in [-0.15, -0.1) is 12.1 Å². The number of benzene rings is 1. The number of hydrogen-bond donors (Lipinski definition) is 0.